The molecule has 0 heterocycles. The van der Waals surface area contributed by atoms with Crippen LogP contribution in [0.5, 0.6) is 11.5 Å². The molecule has 1 N–H and O–H groups in total. The number of carbonyl (C=O) groups excluding carboxylic acids is 2. The van der Waals surface area contributed by atoms with Crippen molar-refractivity contribution in [2.75, 3.05) is 7.05 Å². The maximum absolute atomic E-state index is 12.6. The lowest BCUT2D eigenvalue weighted by Crippen LogP contribution is -2.33. The first-order valence-electron chi connectivity index (χ1n) is 8.87. The van der Waals surface area contributed by atoms with Gasteiger partial charge in [0.2, 0.25) is 0 Å². The molecular weight excluding hydrogens is 330 g/mol. The summed E-state index contributed by atoms with van der Waals surface area (Å²) in [6.07, 6.45) is 4.74. The summed E-state index contributed by atoms with van der Waals surface area (Å²) < 4.78 is 11.0. The first-order chi connectivity index (χ1) is 12.6. The van der Waals surface area contributed by atoms with Crippen molar-refractivity contribution in [1.29, 1.82) is 0 Å². The highest BCUT2D eigenvalue weighted by molar-refractivity contribution is 5.96. The number of rotatable bonds is 5. The van der Waals surface area contributed by atoms with Crippen molar-refractivity contribution in [2.24, 2.45) is 5.92 Å². The molecule has 5 nitrogen and oxygen atoms in total. The zero-order valence-electron chi connectivity index (χ0n) is 14.9. The van der Waals surface area contributed by atoms with Gasteiger partial charge in [-0.2, -0.15) is 0 Å². The topological polar surface area (TPSA) is 64.6 Å². The third-order valence-electron chi connectivity index (χ3n) is 4.90. The van der Waals surface area contributed by atoms with Crippen molar-refractivity contribution >= 4 is 22.7 Å². The largest absolute Gasteiger partial charge is 0.426 e. The summed E-state index contributed by atoms with van der Waals surface area (Å²) in [6.45, 7) is 3.41. The Hall–Kier alpha value is -2.66. The highest BCUT2D eigenvalue weighted by Crippen LogP contribution is 2.33. The molecule has 0 spiro atoms. The van der Waals surface area contributed by atoms with Crippen LogP contribution in [0, 0.1) is 5.92 Å². The second-order valence-corrected chi connectivity index (χ2v) is 6.49. The Labute approximate surface area is 153 Å². The normalized spacial score (nSPS) is 19.7. The predicted molar refractivity (Wildman–Crippen MR) is 100 cm³/mol. The van der Waals surface area contributed by atoms with E-state index in [-0.39, 0.29) is 11.9 Å². The van der Waals surface area contributed by atoms with E-state index < -0.39 is 5.97 Å². The van der Waals surface area contributed by atoms with E-state index in [1.54, 1.807) is 24.3 Å². The molecule has 3 rings (SSSR count). The van der Waals surface area contributed by atoms with Crippen LogP contribution in [0.1, 0.15) is 25.7 Å². The summed E-state index contributed by atoms with van der Waals surface area (Å²) in [5, 5.41) is 4.71. The summed E-state index contributed by atoms with van der Waals surface area (Å²) in [4.78, 5) is 24.1. The first-order valence-corrected chi connectivity index (χ1v) is 8.87. The fourth-order valence-corrected chi connectivity index (χ4v) is 3.39. The molecule has 1 fully saturated rings. The lowest BCUT2D eigenvalue weighted by Gasteiger charge is -2.26. The molecule has 1 saturated carbocycles. The Bertz CT molecular complexity index is 822. The summed E-state index contributed by atoms with van der Waals surface area (Å²) in [6, 6.07) is 11.2. The summed E-state index contributed by atoms with van der Waals surface area (Å²) in [5.41, 5.74) is 0. The van der Waals surface area contributed by atoms with Gasteiger partial charge in [0.05, 0.1) is 5.92 Å². The van der Waals surface area contributed by atoms with Crippen LogP contribution in [0.4, 0.5) is 0 Å². The van der Waals surface area contributed by atoms with Crippen LogP contribution in [0.25, 0.3) is 10.8 Å². The van der Waals surface area contributed by atoms with Crippen LogP contribution in [0.3, 0.4) is 0 Å². The molecule has 2 aromatic carbocycles. The summed E-state index contributed by atoms with van der Waals surface area (Å²) in [5.74, 6) is 0.109. The third kappa shape index (κ3) is 3.94. The van der Waals surface area contributed by atoms with Gasteiger partial charge in [-0.3, -0.25) is 4.79 Å². The molecule has 1 aliphatic carbocycles. The van der Waals surface area contributed by atoms with Gasteiger partial charge in [-0.1, -0.05) is 30.8 Å². The van der Waals surface area contributed by atoms with Gasteiger partial charge in [0.15, 0.2) is 0 Å². The van der Waals surface area contributed by atoms with E-state index in [1.165, 1.54) is 0 Å². The molecule has 0 bridgehead atoms. The number of hydrogen-bond acceptors (Lipinski definition) is 5. The predicted octanol–water partition coefficient (Wildman–Crippen LogP) is 3.61. The van der Waals surface area contributed by atoms with Crippen LogP contribution in [0.15, 0.2) is 49.1 Å². The van der Waals surface area contributed by atoms with Crippen LogP contribution in [0.2, 0.25) is 0 Å². The Balaban J connectivity index is 1.80. The number of nitrogens with one attached hydrogen (secondary N) is 1. The van der Waals surface area contributed by atoms with Gasteiger partial charge in [0, 0.05) is 22.9 Å². The Morgan fingerprint density at radius 3 is 2.12 bits per heavy atom. The van der Waals surface area contributed by atoms with Crippen molar-refractivity contribution in [3.05, 3.63) is 49.1 Å². The second kappa shape index (κ2) is 8.15. The van der Waals surface area contributed by atoms with Gasteiger partial charge in [-0.25, -0.2) is 4.79 Å². The smallest absolute Gasteiger partial charge is 0.335 e. The minimum absolute atomic E-state index is 0.0726. The standard InChI is InChI=1S/C21H23NO4/c1-3-20(23)25-18-8-4-7-17-16(18)6-5-9-19(17)26-21(24)14-10-12-15(22-2)13-11-14/h3-9,14-15,22H,1,10-13H2,2H3. The minimum atomic E-state index is -0.527. The fourth-order valence-electron chi connectivity index (χ4n) is 3.39. The highest BCUT2D eigenvalue weighted by atomic mass is 16.5. The number of ether oxygens (including phenoxy) is 2. The lowest BCUT2D eigenvalue weighted by molar-refractivity contribution is -0.140. The molecule has 0 aliphatic heterocycles. The zero-order valence-corrected chi connectivity index (χ0v) is 14.9. The molecular formula is C21H23NO4. The molecule has 0 unspecified atom stereocenters. The number of hydrogen-bond donors (Lipinski definition) is 1. The van der Waals surface area contributed by atoms with Crippen molar-refractivity contribution in [1.82, 2.24) is 5.32 Å². The molecule has 0 saturated heterocycles. The van der Waals surface area contributed by atoms with Gasteiger partial charge in [-0.05, 0) is 44.9 Å². The maximum atomic E-state index is 12.6. The minimum Gasteiger partial charge on any atom is -0.426 e. The number of fused-ring (bicyclic) bond motifs is 1. The van der Waals surface area contributed by atoms with E-state index >= 15 is 0 Å². The van der Waals surface area contributed by atoms with E-state index in [9.17, 15) is 9.59 Å². The number of carbonyl (C=O) groups is 2. The van der Waals surface area contributed by atoms with Crippen LogP contribution in [-0.4, -0.2) is 25.0 Å². The van der Waals surface area contributed by atoms with E-state index in [1.807, 2.05) is 19.2 Å². The molecule has 0 aromatic heterocycles. The van der Waals surface area contributed by atoms with E-state index in [0.29, 0.717) is 22.9 Å². The monoisotopic (exact) mass is 353 g/mol. The average Bonchev–Trinajstić information content (AvgIpc) is 2.68. The van der Waals surface area contributed by atoms with E-state index in [2.05, 4.69) is 11.9 Å². The van der Waals surface area contributed by atoms with Crippen LogP contribution in [-0.2, 0) is 9.59 Å². The Morgan fingerprint density at radius 1 is 1.00 bits per heavy atom. The fraction of sp³-hybridized carbons (Fsp3) is 0.333. The molecule has 2 aromatic rings. The molecule has 0 amide bonds. The van der Waals surface area contributed by atoms with Crippen LogP contribution < -0.4 is 14.8 Å². The van der Waals surface area contributed by atoms with Crippen molar-refractivity contribution in [3.63, 3.8) is 0 Å². The Kier molecular flexibility index (Phi) is 5.68. The molecule has 26 heavy (non-hydrogen) atoms. The van der Waals surface area contributed by atoms with Crippen molar-refractivity contribution < 1.29 is 19.1 Å². The van der Waals surface area contributed by atoms with E-state index in [4.69, 9.17) is 9.47 Å². The quantitative estimate of drug-likeness (QED) is 0.505. The average molecular weight is 353 g/mol. The molecule has 136 valence electrons. The maximum Gasteiger partial charge on any atom is 0.335 e. The van der Waals surface area contributed by atoms with Crippen LogP contribution >= 0.6 is 0 Å². The Morgan fingerprint density at radius 2 is 1.58 bits per heavy atom. The van der Waals surface area contributed by atoms with Gasteiger partial charge in [-0.15, -0.1) is 0 Å². The summed E-state index contributed by atoms with van der Waals surface area (Å²) >= 11 is 0. The van der Waals surface area contributed by atoms with E-state index in [0.717, 1.165) is 37.1 Å². The number of benzene rings is 2. The van der Waals surface area contributed by atoms with Crippen molar-refractivity contribution in [3.8, 4) is 11.5 Å². The molecule has 5 heteroatoms. The first kappa shape index (κ1) is 18.1. The SMILES string of the molecule is C=CC(=O)Oc1cccc2c(OC(=O)C3CCC(NC)CC3)cccc12. The lowest BCUT2D eigenvalue weighted by atomic mass is 9.86. The van der Waals surface area contributed by atoms with Gasteiger partial charge in [0.1, 0.15) is 11.5 Å². The van der Waals surface area contributed by atoms with Crippen molar-refractivity contribution in [2.45, 2.75) is 31.7 Å². The third-order valence-corrected chi connectivity index (χ3v) is 4.90. The number of esters is 2. The van der Waals surface area contributed by atoms with Gasteiger partial charge < -0.3 is 14.8 Å². The van der Waals surface area contributed by atoms with Gasteiger partial charge >= 0.3 is 11.9 Å². The zero-order chi connectivity index (χ0) is 18.5. The highest BCUT2D eigenvalue weighted by Gasteiger charge is 2.27. The summed E-state index contributed by atoms with van der Waals surface area (Å²) in [7, 11) is 1.95. The molecule has 0 atom stereocenters. The molecule has 1 aliphatic rings. The molecule has 0 radical (unpaired) electrons. The van der Waals surface area contributed by atoms with Gasteiger partial charge in [0.25, 0.3) is 0 Å². The second-order valence-electron chi connectivity index (χ2n) is 6.49.